The Morgan fingerprint density at radius 2 is 2.08 bits per heavy atom. The summed E-state index contributed by atoms with van der Waals surface area (Å²) in [6.45, 7) is 2.24. The molecule has 68 valence electrons. The van der Waals surface area contributed by atoms with Gasteiger partial charge in [0.15, 0.2) is 6.73 Å². The molecule has 0 atom stereocenters. The Bertz CT molecular complexity index is 334. The average Bonchev–Trinajstić information content (AvgIpc) is 2.53. The summed E-state index contributed by atoms with van der Waals surface area (Å²) in [7, 11) is 0. The van der Waals surface area contributed by atoms with Crippen molar-refractivity contribution in [2.75, 3.05) is 11.6 Å². The first-order valence-corrected chi connectivity index (χ1v) is 3.97. The second-order valence-corrected chi connectivity index (χ2v) is 2.80. The maximum atomic E-state index is 12.6. The van der Waals surface area contributed by atoms with Crippen molar-refractivity contribution in [1.29, 1.82) is 0 Å². The third kappa shape index (κ3) is 1.47. The topological polar surface area (TPSA) is 24.8 Å². The summed E-state index contributed by atoms with van der Waals surface area (Å²) >= 11 is 0. The van der Waals surface area contributed by atoms with Gasteiger partial charge in [-0.2, -0.15) is 0 Å². The number of hydrogen-bond acceptors (Lipinski definition) is 3. The Morgan fingerprint density at radius 3 is 2.62 bits per heavy atom. The summed E-state index contributed by atoms with van der Waals surface area (Å²) < 4.78 is 12.6. The molecule has 0 N–H and O–H groups in total. The molecule has 1 aromatic rings. The number of hydrogen-bond donors (Lipinski definition) is 0. The minimum atomic E-state index is -0.238. The van der Waals surface area contributed by atoms with Crippen molar-refractivity contribution in [3.05, 3.63) is 30.1 Å². The van der Waals surface area contributed by atoms with Gasteiger partial charge in [0.2, 0.25) is 0 Å². The molecular weight excluding hydrogens is 171 g/mol. The molecule has 0 fully saturated rings. The molecule has 2 rings (SSSR count). The minimum Gasteiger partial charge on any atom is -0.372 e. The van der Waals surface area contributed by atoms with E-state index in [1.807, 2.05) is 11.8 Å². The quantitative estimate of drug-likeness (QED) is 0.659. The normalized spacial score (nSPS) is 15.5. The van der Waals surface area contributed by atoms with E-state index in [4.69, 9.17) is 4.84 Å². The molecule has 0 saturated heterocycles. The van der Waals surface area contributed by atoms with Gasteiger partial charge >= 0.3 is 0 Å². The van der Waals surface area contributed by atoms with Crippen molar-refractivity contribution < 1.29 is 9.23 Å². The van der Waals surface area contributed by atoms with Gasteiger partial charge in [-0.05, 0) is 31.2 Å². The van der Waals surface area contributed by atoms with E-state index in [-0.39, 0.29) is 5.82 Å². The SMILES string of the molecule is CC1=NOCN1c1ccc(F)cc1. The maximum Gasteiger partial charge on any atom is 0.195 e. The molecular formula is C9H9FN2O. The summed E-state index contributed by atoms with van der Waals surface area (Å²) in [5.41, 5.74) is 0.889. The molecule has 0 aromatic heterocycles. The second-order valence-electron chi connectivity index (χ2n) is 2.80. The summed E-state index contributed by atoms with van der Waals surface area (Å²) in [4.78, 5) is 6.73. The maximum absolute atomic E-state index is 12.6. The summed E-state index contributed by atoms with van der Waals surface area (Å²) in [6.07, 6.45) is 0. The molecule has 3 nitrogen and oxygen atoms in total. The van der Waals surface area contributed by atoms with Crippen LogP contribution in [0.5, 0.6) is 0 Å². The molecule has 0 radical (unpaired) electrons. The fraction of sp³-hybridized carbons (Fsp3) is 0.222. The third-order valence-corrected chi connectivity index (χ3v) is 1.91. The fourth-order valence-electron chi connectivity index (χ4n) is 1.21. The van der Waals surface area contributed by atoms with Crippen molar-refractivity contribution >= 4 is 11.5 Å². The van der Waals surface area contributed by atoms with E-state index in [9.17, 15) is 4.39 Å². The van der Waals surface area contributed by atoms with Crippen LogP contribution in [0.15, 0.2) is 29.4 Å². The minimum absolute atomic E-state index is 0.238. The first kappa shape index (κ1) is 8.04. The molecule has 0 amide bonds. The van der Waals surface area contributed by atoms with Crippen LogP contribution < -0.4 is 4.90 Å². The van der Waals surface area contributed by atoms with Gasteiger partial charge in [0.1, 0.15) is 11.7 Å². The van der Waals surface area contributed by atoms with Crippen molar-refractivity contribution in [2.24, 2.45) is 5.16 Å². The standard InChI is InChI=1S/C9H9FN2O/c1-7-11-13-6-12(7)9-4-2-8(10)3-5-9/h2-5H,6H2,1H3. The lowest BCUT2D eigenvalue weighted by molar-refractivity contribution is 0.174. The van der Waals surface area contributed by atoms with Crippen molar-refractivity contribution in [1.82, 2.24) is 0 Å². The zero-order chi connectivity index (χ0) is 9.26. The van der Waals surface area contributed by atoms with E-state index in [0.29, 0.717) is 6.73 Å². The van der Waals surface area contributed by atoms with Crippen LogP contribution >= 0.6 is 0 Å². The van der Waals surface area contributed by atoms with Crippen LogP contribution in [-0.2, 0) is 4.84 Å². The lowest BCUT2D eigenvalue weighted by atomic mass is 10.3. The molecule has 1 aliphatic heterocycles. The molecule has 1 aromatic carbocycles. The Labute approximate surface area is 75.4 Å². The predicted octanol–water partition coefficient (Wildman–Crippen LogP) is 1.95. The van der Waals surface area contributed by atoms with Gasteiger partial charge in [0, 0.05) is 5.69 Å². The number of halogens is 1. The van der Waals surface area contributed by atoms with E-state index < -0.39 is 0 Å². The molecule has 0 unspecified atom stereocenters. The summed E-state index contributed by atoms with van der Waals surface area (Å²) in [6, 6.07) is 6.23. The third-order valence-electron chi connectivity index (χ3n) is 1.91. The average molecular weight is 180 g/mol. The van der Waals surface area contributed by atoms with E-state index in [1.165, 1.54) is 12.1 Å². The van der Waals surface area contributed by atoms with Gasteiger partial charge in [0.25, 0.3) is 0 Å². The zero-order valence-electron chi connectivity index (χ0n) is 7.20. The van der Waals surface area contributed by atoms with Crippen molar-refractivity contribution in [2.45, 2.75) is 6.92 Å². The molecule has 0 aliphatic carbocycles. The number of oxime groups is 1. The molecule has 0 bridgehead atoms. The first-order valence-electron chi connectivity index (χ1n) is 3.97. The largest absolute Gasteiger partial charge is 0.372 e. The monoisotopic (exact) mass is 180 g/mol. The first-order chi connectivity index (χ1) is 6.27. The Hall–Kier alpha value is -1.58. The highest BCUT2D eigenvalue weighted by atomic mass is 19.1. The van der Waals surface area contributed by atoms with Crippen LogP contribution in [0.2, 0.25) is 0 Å². The molecule has 0 spiro atoms. The lowest BCUT2D eigenvalue weighted by Crippen LogP contribution is -2.24. The lowest BCUT2D eigenvalue weighted by Gasteiger charge is -2.14. The second kappa shape index (κ2) is 3.05. The highest BCUT2D eigenvalue weighted by Crippen LogP contribution is 2.18. The number of anilines is 1. The van der Waals surface area contributed by atoms with Gasteiger partial charge in [-0.25, -0.2) is 4.39 Å². The Kier molecular flexibility index (Phi) is 1.88. The van der Waals surface area contributed by atoms with Crippen LogP contribution in [0.1, 0.15) is 6.92 Å². The summed E-state index contributed by atoms with van der Waals surface area (Å²) in [5.74, 6) is 0.546. The summed E-state index contributed by atoms with van der Waals surface area (Å²) in [5, 5.41) is 3.77. The molecule has 0 saturated carbocycles. The Morgan fingerprint density at radius 1 is 1.38 bits per heavy atom. The predicted molar refractivity (Wildman–Crippen MR) is 47.9 cm³/mol. The fourth-order valence-corrected chi connectivity index (χ4v) is 1.21. The van der Waals surface area contributed by atoms with Crippen LogP contribution in [0, 0.1) is 5.82 Å². The van der Waals surface area contributed by atoms with Gasteiger partial charge in [-0.1, -0.05) is 5.16 Å². The van der Waals surface area contributed by atoms with Crippen molar-refractivity contribution in [3.8, 4) is 0 Å². The van der Waals surface area contributed by atoms with Gasteiger partial charge in [-0.15, -0.1) is 0 Å². The highest BCUT2D eigenvalue weighted by molar-refractivity contribution is 5.96. The molecule has 1 heterocycles. The van der Waals surface area contributed by atoms with Gasteiger partial charge < -0.3 is 4.84 Å². The van der Waals surface area contributed by atoms with Gasteiger partial charge in [-0.3, -0.25) is 4.90 Å². The Balaban J connectivity index is 2.26. The van der Waals surface area contributed by atoms with E-state index in [1.54, 1.807) is 12.1 Å². The molecule has 4 heteroatoms. The zero-order valence-corrected chi connectivity index (χ0v) is 7.20. The number of nitrogens with zero attached hydrogens (tertiary/aromatic N) is 2. The van der Waals surface area contributed by atoms with Crippen LogP contribution in [0.3, 0.4) is 0 Å². The number of rotatable bonds is 1. The smallest absolute Gasteiger partial charge is 0.195 e. The van der Waals surface area contributed by atoms with Crippen molar-refractivity contribution in [3.63, 3.8) is 0 Å². The highest BCUT2D eigenvalue weighted by Gasteiger charge is 2.15. The number of benzene rings is 1. The van der Waals surface area contributed by atoms with E-state index in [2.05, 4.69) is 5.16 Å². The molecule has 13 heavy (non-hydrogen) atoms. The number of amidine groups is 1. The van der Waals surface area contributed by atoms with E-state index >= 15 is 0 Å². The van der Waals surface area contributed by atoms with Gasteiger partial charge in [0.05, 0.1) is 0 Å². The van der Waals surface area contributed by atoms with Crippen LogP contribution in [0.25, 0.3) is 0 Å². The van der Waals surface area contributed by atoms with E-state index in [0.717, 1.165) is 11.5 Å². The molecule has 1 aliphatic rings. The van der Waals surface area contributed by atoms with Crippen LogP contribution in [0.4, 0.5) is 10.1 Å². The van der Waals surface area contributed by atoms with Crippen LogP contribution in [-0.4, -0.2) is 12.6 Å².